The zero-order valence-electron chi connectivity index (χ0n) is 19.0. The monoisotopic (exact) mass is 422 g/mol. The Hall–Kier alpha value is -2.88. The molecule has 166 valence electrons. The molecule has 0 heterocycles. The Morgan fingerprint density at radius 2 is 1.16 bits per heavy atom. The molecule has 31 heavy (non-hydrogen) atoms. The van der Waals surface area contributed by atoms with Crippen LogP contribution in [0.4, 0.5) is 0 Å². The highest BCUT2D eigenvalue weighted by Crippen LogP contribution is 2.17. The summed E-state index contributed by atoms with van der Waals surface area (Å²) in [6, 6.07) is 15.0. The molecule has 0 spiro atoms. The largest absolute Gasteiger partial charge is 0.423 e. The third-order valence-corrected chi connectivity index (χ3v) is 5.07. The number of hydrogen-bond acceptors (Lipinski definition) is 4. The summed E-state index contributed by atoms with van der Waals surface area (Å²) in [4.78, 5) is 24.4. The summed E-state index contributed by atoms with van der Waals surface area (Å²) in [5.74, 6) is -0.245. The Balaban J connectivity index is 1.84. The molecule has 0 aromatic heterocycles. The average molecular weight is 423 g/mol. The first-order valence-electron chi connectivity index (χ1n) is 11.3. The molecule has 0 aliphatic rings. The molecular weight excluding hydrogens is 388 g/mol. The molecule has 0 aliphatic carbocycles. The molecule has 0 radical (unpaired) electrons. The van der Waals surface area contributed by atoms with Crippen molar-refractivity contribution in [3.8, 4) is 11.5 Å². The number of aryl methyl sites for hydroxylation is 2. The van der Waals surface area contributed by atoms with Crippen molar-refractivity contribution in [2.24, 2.45) is 0 Å². The Kier molecular flexibility index (Phi) is 10.6. The molecule has 0 N–H and O–H groups in total. The van der Waals surface area contributed by atoms with Crippen LogP contribution in [-0.4, -0.2) is 11.9 Å². The summed E-state index contributed by atoms with van der Waals surface area (Å²) >= 11 is 0. The molecule has 2 aromatic carbocycles. The van der Waals surface area contributed by atoms with E-state index >= 15 is 0 Å². The van der Waals surface area contributed by atoms with E-state index in [-0.39, 0.29) is 5.57 Å². The van der Waals surface area contributed by atoms with Crippen molar-refractivity contribution in [2.75, 3.05) is 0 Å². The lowest BCUT2D eigenvalue weighted by Gasteiger charge is -2.07. The molecule has 4 heteroatoms. The molecule has 0 unspecified atom stereocenters. The molecule has 0 bridgehead atoms. The number of esters is 2. The molecule has 2 rings (SSSR count). The highest BCUT2D eigenvalue weighted by atomic mass is 16.5. The predicted molar refractivity (Wildman–Crippen MR) is 124 cm³/mol. The van der Waals surface area contributed by atoms with Gasteiger partial charge in [0.15, 0.2) is 0 Å². The number of carbonyl (C=O) groups is 2. The molecule has 0 saturated carbocycles. The van der Waals surface area contributed by atoms with Crippen LogP contribution in [0.3, 0.4) is 0 Å². The predicted octanol–water partition coefficient (Wildman–Crippen LogP) is 6.61. The maximum absolute atomic E-state index is 12.3. The van der Waals surface area contributed by atoms with Crippen molar-refractivity contribution >= 4 is 11.9 Å². The number of carbonyl (C=O) groups excluding carboxylic acids is 2. The maximum Gasteiger partial charge on any atom is 0.339 e. The van der Waals surface area contributed by atoms with E-state index in [1.165, 1.54) is 36.8 Å². The standard InChI is InChI=1S/C27H34O4/c1-4-6-8-10-22-12-16-24(17-13-22)30-26(28)20-21(3)27(29)31-25-18-14-23(15-19-25)11-9-7-5-2/h12-20H,4-11H2,1-3H3. The second kappa shape index (κ2) is 13.4. The average Bonchev–Trinajstić information content (AvgIpc) is 2.76. The van der Waals surface area contributed by atoms with Crippen LogP contribution in [0.15, 0.2) is 60.2 Å². The van der Waals surface area contributed by atoms with Crippen LogP contribution in [0.2, 0.25) is 0 Å². The van der Waals surface area contributed by atoms with Gasteiger partial charge in [-0.2, -0.15) is 0 Å². The molecule has 0 fully saturated rings. The summed E-state index contributed by atoms with van der Waals surface area (Å²) in [7, 11) is 0. The van der Waals surface area contributed by atoms with Crippen molar-refractivity contribution in [1.29, 1.82) is 0 Å². The molecule has 0 amide bonds. The quantitative estimate of drug-likeness (QED) is 0.167. The van der Waals surface area contributed by atoms with Crippen molar-refractivity contribution < 1.29 is 19.1 Å². The van der Waals surface area contributed by atoms with E-state index in [1.54, 1.807) is 31.2 Å². The minimum Gasteiger partial charge on any atom is -0.423 e. The summed E-state index contributed by atoms with van der Waals surface area (Å²) in [6.07, 6.45) is 10.3. The Labute approximate surface area is 186 Å². The lowest BCUT2D eigenvalue weighted by molar-refractivity contribution is -0.132. The van der Waals surface area contributed by atoms with Crippen LogP contribution in [0.1, 0.15) is 70.4 Å². The van der Waals surface area contributed by atoms with Gasteiger partial charge in [0.05, 0.1) is 0 Å². The number of ether oxygens (including phenoxy) is 2. The van der Waals surface area contributed by atoms with E-state index in [0.717, 1.165) is 31.8 Å². The van der Waals surface area contributed by atoms with Crippen molar-refractivity contribution in [3.63, 3.8) is 0 Å². The van der Waals surface area contributed by atoms with E-state index < -0.39 is 11.9 Å². The molecule has 2 aromatic rings. The van der Waals surface area contributed by atoms with Crippen LogP contribution in [0, 0.1) is 0 Å². The molecule has 0 aliphatic heterocycles. The highest BCUT2D eigenvalue weighted by Gasteiger charge is 2.11. The summed E-state index contributed by atoms with van der Waals surface area (Å²) in [5.41, 5.74) is 2.63. The van der Waals surface area contributed by atoms with Gasteiger partial charge >= 0.3 is 11.9 Å². The first kappa shape index (κ1) is 24.4. The number of rotatable bonds is 12. The van der Waals surface area contributed by atoms with E-state index in [2.05, 4.69) is 13.8 Å². The number of hydrogen-bond donors (Lipinski definition) is 0. The molecule has 0 saturated heterocycles. The van der Waals surface area contributed by atoms with Gasteiger partial charge < -0.3 is 9.47 Å². The zero-order chi connectivity index (χ0) is 22.5. The van der Waals surface area contributed by atoms with Gasteiger partial charge in [0, 0.05) is 11.6 Å². The van der Waals surface area contributed by atoms with Crippen molar-refractivity contribution in [3.05, 3.63) is 71.3 Å². The maximum atomic E-state index is 12.3. The van der Waals surface area contributed by atoms with E-state index in [1.807, 2.05) is 24.3 Å². The fourth-order valence-corrected chi connectivity index (χ4v) is 3.18. The molecular formula is C27H34O4. The van der Waals surface area contributed by atoms with Crippen LogP contribution in [0.5, 0.6) is 11.5 Å². The third-order valence-electron chi connectivity index (χ3n) is 5.07. The van der Waals surface area contributed by atoms with E-state index in [0.29, 0.717) is 11.5 Å². The van der Waals surface area contributed by atoms with Crippen LogP contribution in [-0.2, 0) is 22.4 Å². The van der Waals surface area contributed by atoms with Gasteiger partial charge in [-0.25, -0.2) is 9.59 Å². The minimum atomic E-state index is -0.598. The van der Waals surface area contributed by atoms with Gasteiger partial charge in [-0.05, 0) is 68.0 Å². The van der Waals surface area contributed by atoms with E-state index in [4.69, 9.17) is 9.47 Å². The topological polar surface area (TPSA) is 52.6 Å². The van der Waals surface area contributed by atoms with E-state index in [9.17, 15) is 9.59 Å². The lowest BCUT2D eigenvalue weighted by Crippen LogP contribution is -2.13. The number of benzene rings is 2. The second-order valence-electron chi connectivity index (χ2n) is 7.84. The smallest absolute Gasteiger partial charge is 0.339 e. The first-order chi connectivity index (χ1) is 15.0. The van der Waals surface area contributed by atoms with Gasteiger partial charge in [-0.3, -0.25) is 0 Å². The van der Waals surface area contributed by atoms with Crippen molar-refractivity contribution in [2.45, 2.75) is 72.1 Å². The van der Waals surface area contributed by atoms with Crippen molar-refractivity contribution in [1.82, 2.24) is 0 Å². The van der Waals surface area contributed by atoms with Gasteiger partial charge in [0.2, 0.25) is 0 Å². The fourth-order valence-electron chi connectivity index (χ4n) is 3.18. The van der Waals surface area contributed by atoms with Crippen LogP contribution in [0.25, 0.3) is 0 Å². The Morgan fingerprint density at radius 1 is 0.710 bits per heavy atom. The SMILES string of the molecule is CCCCCc1ccc(OC(=O)C=C(C)C(=O)Oc2ccc(CCCCC)cc2)cc1. The Bertz CT molecular complexity index is 848. The Morgan fingerprint density at radius 3 is 1.61 bits per heavy atom. The minimum absolute atomic E-state index is 0.188. The lowest BCUT2D eigenvalue weighted by atomic mass is 10.1. The van der Waals surface area contributed by atoms with Gasteiger partial charge in [-0.1, -0.05) is 63.8 Å². The molecule has 4 nitrogen and oxygen atoms in total. The normalized spacial score (nSPS) is 11.3. The van der Waals surface area contributed by atoms with Crippen LogP contribution < -0.4 is 9.47 Å². The number of unbranched alkanes of at least 4 members (excludes halogenated alkanes) is 4. The first-order valence-corrected chi connectivity index (χ1v) is 11.3. The van der Waals surface area contributed by atoms with Crippen LogP contribution >= 0.6 is 0 Å². The second-order valence-corrected chi connectivity index (χ2v) is 7.84. The van der Waals surface area contributed by atoms with Gasteiger partial charge in [-0.15, -0.1) is 0 Å². The third kappa shape index (κ3) is 9.20. The summed E-state index contributed by atoms with van der Waals surface area (Å²) in [6.45, 7) is 5.90. The molecule has 0 atom stereocenters. The van der Waals surface area contributed by atoms with Gasteiger partial charge in [0.25, 0.3) is 0 Å². The zero-order valence-corrected chi connectivity index (χ0v) is 19.0. The summed E-state index contributed by atoms with van der Waals surface area (Å²) in [5, 5.41) is 0. The van der Waals surface area contributed by atoms with Gasteiger partial charge in [0.1, 0.15) is 11.5 Å². The fraction of sp³-hybridized carbons (Fsp3) is 0.407. The highest BCUT2D eigenvalue weighted by molar-refractivity contribution is 5.97. The summed E-state index contributed by atoms with van der Waals surface area (Å²) < 4.78 is 10.7.